The third kappa shape index (κ3) is 5.26. The second-order valence-corrected chi connectivity index (χ2v) is 12.2. The lowest BCUT2D eigenvalue weighted by Gasteiger charge is -2.40. The van der Waals surface area contributed by atoms with Crippen molar-refractivity contribution in [1.29, 1.82) is 0 Å². The molecule has 3 aromatic rings. The molecule has 0 radical (unpaired) electrons. The number of carbonyl (C=O) groups excluding carboxylic acids is 3. The van der Waals surface area contributed by atoms with Gasteiger partial charge in [0.2, 0.25) is 5.91 Å². The summed E-state index contributed by atoms with van der Waals surface area (Å²) in [7, 11) is 3.09. The van der Waals surface area contributed by atoms with E-state index in [9.17, 15) is 14.4 Å². The largest absolute Gasteiger partial charge is 0.493 e. The normalized spacial score (nSPS) is 18.8. The first kappa shape index (κ1) is 29.3. The second-order valence-electron chi connectivity index (χ2n) is 11.3. The van der Waals surface area contributed by atoms with Crippen molar-refractivity contribution in [2.75, 3.05) is 14.2 Å². The highest BCUT2D eigenvalue weighted by Gasteiger charge is 2.47. The van der Waals surface area contributed by atoms with E-state index < -0.39 is 23.8 Å². The van der Waals surface area contributed by atoms with E-state index in [4.69, 9.17) is 14.5 Å². The number of aromatic nitrogens is 3. The Balaban J connectivity index is 1.48. The Morgan fingerprint density at radius 1 is 1.24 bits per heavy atom. The zero-order chi connectivity index (χ0) is 30.3. The summed E-state index contributed by atoms with van der Waals surface area (Å²) in [4.78, 5) is 47.5. The van der Waals surface area contributed by atoms with Crippen LogP contribution in [-0.4, -0.2) is 52.3 Å². The molecular weight excluding hydrogens is 604 g/mol. The van der Waals surface area contributed by atoms with Crippen LogP contribution in [0.25, 0.3) is 6.08 Å². The van der Waals surface area contributed by atoms with Gasteiger partial charge in [-0.05, 0) is 63.5 Å². The number of ether oxygens (including phenoxy) is 2. The van der Waals surface area contributed by atoms with Crippen LogP contribution < -0.4 is 20.3 Å². The van der Waals surface area contributed by atoms with Crippen molar-refractivity contribution in [3.63, 3.8) is 0 Å². The lowest BCUT2D eigenvalue weighted by atomic mass is 9.67. The van der Waals surface area contributed by atoms with Gasteiger partial charge in [-0.2, -0.15) is 5.10 Å². The van der Waals surface area contributed by atoms with Crippen LogP contribution in [0.2, 0.25) is 0 Å². The number of nitrogens with zero attached hydrogens (tertiary/aromatic N) is 3. The third-order valence-electron chi connectivity index (χ3n) is 7.74. The summed E-state index contributed by atoms with van der Waals surface area (Å²) in [5.41, 5.74) is 8.81. The van der Waals surface area contributed by atoms with Gasteiger partial charge >= 0.3 is 0 Å². The summed E-state index contributed by atoms with van der Waals surface area (Å²) < 4.78 is 13.3. The maximum Gasteiger partial charge on any atom is 0.275 e. The topological polar surface area (TPSA) is 140 Å². The first-order valence-electron chi connectivity index (χ1n) is 13.5. The monoisotopic (exact) mass is 636 g/mol. The zero-order valence-electron chi connectivity index (χ0n) is 24.1. The van der Waals surface area contributed by atoms with Crippen LogP contribution in [0.1, 0.15) is 65.5 Å². The molecule has 1 aliphatic carbocycles. The average molecular weight is 638 g/mol. The van der Waals surface area contributed by atoms with Gasteiger partial charge in [0.25, 0.3) is 5.91 Å². The Labute approximate surface area is 251 Å². The molecular formula is C30H33BrN6O5. The number of halogens is 1. The van der Waals surface area contributed by atoms with Crippen molar-refractivity contribution in [1.82, 2.24) is 25.6 Å². The molecule has 1 aromatic carbocycles. The molecule has 2 unspecified atom stereocenters. The number of hydrazine groups is 1. The number of carbonyl (C=O) groups is 3. The maximum atomic E-state index is 13.6. The predicted octanol–water partition coefficient (Wildman–Crippen LogP) is 4.63. The maximum absolute atomic E-state index is 13.6. The Kier molecular flexibility index (Phi) is 7.84. The van der Waals surface area contributed by atoms with Gasteiger partial charge < -0.3 is 14.5 Å². The lowest BCUT2D eigenvalue weighted by molar-refractivity contribution is -0.125. The zero-order valence-corrected chi connectivity index (χ0v) is 25.7. The average Bonchev–Trinajstić information content (AvgIpc) is 3.51. The number of nitrogens with one attached hydrogen (secondary N) is 3. The molecule has 220 valence electrons. The number of hydrogen-bond acceptors (Lipinski definition) is 7. The van der Waals surface area contributed by atoms with Gasteiger partial charge in [0.15, 0.2) is 17.3 Å². The molecule has 2 atom stereocenters. The molecule has 1 saturated carbocycles. The number of hydrogen-bond donors (Lipinski definition) is 3. The lowest BCUT2D eigenvalue weighted by Crippen LogP contribution is -2.45. The van der Waals surface area contributed by atoms with E-state index in [0.29, 0.717) is 40.3 Å². The number of Topliss-reactive ketones (excluding diaryl/α,β-unsaturated/α-hetero) is 1. The van der Waals surface area contributed by atoms with Crippen LogP contribution in [0.4, 0.5) is 5.82 Å². The van der Waals surface area contributed by atoms with Gasteiger partial charge in [-0.15, -0.1) is 0 Å². The number of aliphatic imine (C=N–C) groups is 1. The smallest absolute Gasteiger partial charge is 0.275 e. The summed E-state index contributed by atoms with van der Waals surface area (Å²) in [5, 5.41) is 4.53. The van der Waals surface area contributed by atoms with E-state index in [0.717, 1.165) is 22.4 Å². The summed E-state index contributed by atoms with van der Waals surface area (Å²) in [5.74, 6) is -0.158. The van der Waals surface area contributed by atoms with E-state index in [-0.39, 0.29) is 23.2 Å². The summed E-state index contributed by atoms with van der Waals surface area (Å²) in [6.07, 6.45) is 5.86. The minimum atomic E-state index is -0.574. The molecule has 2 aromatic heterocycles. The molecule has 2 aliphatic rings. The minimum Gasteiger partial charge on any atom is -0.493 e. The number of rotatable bonds is 7. The van der Waals surface area contributed by atoms with Crippen molar-refractivity contribution in [2.24, 2.45) is 16.3 Å². The van der Waals surface area contributed by atoms with Crippen LogP contribution in [0.5, 0.6) is 11.5 Å². The highest BCUT2D eigenvalue weighted by atomic mass is 79.9. The Morgan fingerprint density at radius 3 is 2.69 bits per heavy atom. The molecule has 11 nitrogen and oxygen atoms in total. The third-order valence-corrected chi connectivity index (χ3v) is 8.33. The van der Waals surface area contributed by atoms with Crippen molar-refractivity contribution in [3.05, 3.63) is 63.5 Å². The second kappa shape index (κ2) is 11.2. The molecule has 42 heavy (non-hydrogen) atoms. The van der Waals surface area contributed by atoms with E-state index in [2.05, 4.69) is 43.4 Å². The van der Waals surface area contributed by atoms with Crippen molar-refractivity contribution in [3.8, 4) is 11.5 Å². The molecule has 0 saturated heterocycles. The molecule has 2 amide bonds. The fourth-order valence-corrected chi connectivity index (χ4v) is 6.50. The molecule has 5 rings (SSSR count). The summed E-state index contributed by atoms with van der Waals surface area (Å²) in [6.45, 7) is 9.75. The molecule has 12 heteroatoms. The fraction of sp³-hybridized carbons (Fsp3) is 0.367. The number of amides is 2. The van der Waals surface area contributed by atoms with Gasteiger partial charge in [-0.25, -0.2) is 9.67 Å². The van der Waals surface area contributed by atoms with Crippen LogP contribution in [-0.2, 0) is 16.0 Å². The summed E-state index contributed by atoms with van der Waals surface area (Å²) in [6, 6.07) is 3.11. The molecule has 0 bridgehead atoms. The Bertz CT molecular complexity index is 1630. The SMILES string of the molecule is C=Cc1c(CC(=O)NNC(=O)c2cnn3c2N=C2CC(C)(C)CC(=O)C2C3c2cc(Br)c(OC)c(OC)c2)c[nH]c1C. The van der Waals surface area contributed by atoms with Crippen LogP contribution in [0.3, 0.4) is 0 Å². The molecule has 1 fully saturated rings. The van der Waals surface area contributed by atoms with Gasteiger partial charge in [-0.1, -0.05) is 26.5 Å². The fourth-order valence-electron chi connectivity index (χ4n) is 5.88. The van der Waals surface area contributed by atoms with E-state index in [1.165, 1.54) is 6.20 Å². The first-order valence-corrected chi connectivity index (χ1v) is 14.2. The standard InChI is InChI=1S/C30H33BrN6O5/c1-7-18-15(2)32-13-17(18)10-24(39)35-36-29(40)19-14-33-37-26(16-8-20(31)27(42-6)23(9-16)41-5)25-21(34-28(19)37)11-30(3,4)12-22(25)38/h7-9,13-14,25-26,32H,1,10-12H2,2-6H3,(H,35,39)(H,36,40). The van der Waals surface area contributed by atoms with Gasteiger partial charge in [0.05, 0.1) is 43.3 Å². The molecule has 3 N–H and O–H groups in total. The van der Waals surface area contributed by atoms with E-state index >= 15 is 0 Å². The van der Waals surface area contributed by atoms with Crippen LogP contribution >= 0.6 is 15.9 Å². The van der Waals surface area contributed by atoms with Gasteiger partial charge in [0.1, 0.15) is 11.3 Å². The van der Waals surface area contributed by atoms with Gasteiger partial charge in [0, 0.05) is 24.0 Å². The predicted molar refractivity (Wildman–Crippen MR) is 161 cm³/mol. The highest BCUT2D eigenvalue weighted by Crippen LogP contribution is 2.48. The van der Waals surface area contributed by atoms with Crippen molar-refractivity contribution in [2.45, 2.75) is 46.1 Å². The summed E-state index contributed by atoms with van der Waals surface area (Å²) >= 11 is 3.56. The number of aryl methyl sites for hydroxylation is 1. The number of H-pyrrole nitrogens is 1. The van der Waals surface area contributed by atoms with Crippen LogP contribution in [0.15, 0.2) is 40.6 Å². The Morgan fingerprint density at radius 2 is 2.00 bits per heavy atom. The number of fused-ring (bicyclic) bond motifs is 2. The van der Waals surface area contributed by atoms with Crippen molar-refractivity contribution >= 4 is 51.1 Å². The van der Waals surface area contributed by atoms with Crippen molar-refractivity contribution < 1.29 is 23.9 Å². The highest BCUT2D eigenvalue weighted by molar-refractivity contribution is 9.10. The number of ketones is 1. The quantitative estimate of drug-likeness (QED) is 0.323. The Hall–Kier alpha value is -4.19. The van der Waals surface area contributed by atoms with Gasteiger partial charge in [-0.3, -0.25) is 25.2 Å². The van der Waals surface area contributed by atoms with Crippen LogP contribution in [0, 0.1) is 18.3 Å². The molecule has 1 aliphatic heterocycles. The van der Waals surface area contributed by atoms with E-state index in [1.807, 2.05) is 32.9 Å². The minimum absolute atomic E-state index is 0.0511. The number of methoxy groups -OCH3 is 2. The first-order chi connectivity index (χ1) is 20.0. The number of aromatic amines is 1. The van der Waals surface area contributed by atoms with E-state index in [1.54, 1.807) is 31.2 Å². The molecule has 0 spiro atoms. The molecule has 3 heterocycles. The number of benzene rings is 1.